The predicted molar refractivity (Wildman–Crippen MR) is 52.6 cm³/mol. The zero-order valence-electron chi connectivity index (χ0n) is 8.82. The van der Waals surface area contributed by atoms with Gasteiger partial charge in [-0.2, -0.15) is 0 Å². The van der Waals surface area contributed by atoms with Crippen LogP contribution in [-0.2, 0) is 0 Å². The fourth-order valence-corrected chi connectivity index (χ4v) is 2.16. The molecule has 0 spiro atoms. The highest BCUT2D eigenvalue weighted by atomic mass is 16.3. The van der Waals surface area contributed by atoms with Crippen LogP contribution in [0.2, 0.25) is 0 Å². The van der Waals surface area contributed by atoms with Crippen molar-refractivity contribution in [3.8, 4) is 0 Å². The van der Waals surface area contributed by atoms with E-state index >= 15 is 0 Å². The van der Waals surface area contributed by atoms with E-state index in [0.29, 0.717) is 6.54 Å². The Morgan fingerprint density at radius 2 is 2.00 bits per heavy atom. The van der Waals surface area contributed by atoms with Gasteiger partial charge in [-0.25, -0.2) is 0 Å². The Labute approximate surface area is 80.4 Å². The molecule has 78 valence electrons. The average molecular weight is 187 g/mol. The highest BCUT2D eigenvalue weighted by Gasteiger charge is 2.30. The molecule has 0 aromatic heterocycles. The SMILES string of the molecule is CN(CC(C)(C)O)[C@@H]1CCC[C@H]1O. The van der Waals surface area contributed by atoms with Crippen molar-refractivity contribution < 1.29 is 10.2 Å². The Bertz CT molecular complexity index is 165. The first-order chi connectivity index (χ1) is 5.90. The highest BCUT2D eigenvalue weighted by molar-refractivity contribution is 4.85. The number of aliphatic hydroxyl groups excluding tert-OH is 1. The molecule has 1 aliphatic carbocycles. The first-order valence-corrected chi connectivity index (χ1v) is 5.01. The first-order valence-electron chi connectivity index (χ1n) is 5.01. The highest BCUT2D eigenvalue weighted by Crippen LogP contribution is 2.24. The summed E-state index contributed by atoms with van der Waals surface area (Å²) in [6, 6.07) is 0.242. The normalized spacial score (nSPS) is 30.0. The third kappa shape index (κ3) is 3.25. The van der Waals surface area contributed by atoms with E-state index in [9.17, 15) is 10.2 Å². The topological polar surface area (TPSA) is 43.7 Å². The second-order valence-corrected chi connectivity index (χ2v) is 4.79. The summed E-state index contributed by atoms with van der Waals surface area (Å²) in [4.78, 5) is 2.07. The van der Waals surface area contributed by atoms with Crippen LogP contribution in [-0.4, -0.2) is 46.5 Å². The molecule has 1 saturated carbocycles. The quantitative estimate of drug-likeness (QED) is 0.680. The van der Waals surface area contributed by atoms with Gasteiger partial charge in [0.2, 0.25) is 0 Å². The molecule has 3 heteroatoms. The summed E-state index contributed by atoms with van der Waals surface area (Å²) in [6.07, 6.45) is 2.85. The lowest BCUT2D eigenvalue weighted by atomic mass is 10.1. The predicted octanol–water partition coefficient (Wildman–Crippen LogP) is 0.602. The molecule has 1 aliphatic rings. The molecule has 0 aromatic carbocycles. The van der Waals surface area contributed by atoms with Crippen molar-refractivity contribution in [3.63, 3.8) is 0 Å². The molecule has 0 amide bonds. The lowest BCUT2D eigenvalue weighted by Gasteiger charge is -2.31. The van der Waals surface area contributed by atoms with Crippen molar-refractivity contribution in [2.24, 2.45) is 0 Å². The van der Waals surface area contributed by atoms with Gasteiger partial charge in [-0.1, -0.05) is 0 Å². The van der Waals surface area contributed by atoms with E-state index < -0.39 is 5.60 Å². The molecule has 0 aliphatic heterocycles. The Hall–Kier alpha value is -0.120. The molecular weight excluding hydrogens is 166 g/mol. The van der Waals surface area contributed by atoms with E-state index in [1.165, 1.54) is 0 Å². The molecular formula is C10H21NO2. The third-order valence-electron chi connectivity index (χ3n) is 2.65. The number of hydrogen-bond acceptors (Lipinski definition) is 3. The van der Waals surface area contributed by atoms with Crippen LogP contribution in [0.5, 0.6) is 0 Å². The van der Waals surface area contributed by atoms with E-state index in [2.05, 4.69) is 4.90 Å². The maximum Gasteiger partial charge on any atom is 0.0718 e. The van der Waals surface area contributed by atoms with Crippen LogP contribution < -0.4 is 0 Å². The van der Waals surface area contributed by atoms with Crippen LogP contribution in [0.15, 0.2) is 0 Å². The van der Waals surface area contributed by atoms with Gasteiger partial charge >= 0.3 is 0 Å². The van der Waals surface area contributed by atoms with Gasteiger partial charge in [-0.15, -0.1) is 0 Å². The minimum absolute atomic E-state index is 0.202. The molecule has 13 heavy (non-hydrogen) atoms. The van der Waals surface area contributed by atoms with Crippen molar-refractivity contribution in [1.29, 1.82) is 0 Å². The second-order valence-electron chi connectivity index (χ2n) is 4.79. The number of hydrogen-bond donors (Lipinski definition) is 2. The van der Waals surface area contributed by atoms with E-state index in [-0.39, 0.29) is 12.1 Å². The molecule has 0 saturated heterocycles. The van der Waals surface area contributed by atoms with Crippen molar-refractivity contribution in [3.05, 3.63) is 0 Å². The van der Waals surface area contributed by atoms with E-state index in [0.717, 1.165) is 19.3 Å². The van der Waals surface area contributed by atoms with E-state index in [1.54, 1.807) is 13.8 Å². The largest absolute Gasteiger partial charge is 0.391 e. The van der Waals surface area contributed by atoms with Crippen molar-refractivity contribution in [2.75, 3.05) is 13.6 Å². The molecule has 1 fully saturated rings. The number of likely N-dealkylation sites (N-methyl/N-ethyl adjacent to an activating group) is 1. The maximum absolute atomic E-state index is 9.63. The lowest BCUT2D eigenvalue weighted by Crippen LogP contribution is -2.45. The molecule has 0 unspecified atom stereocenters. The zero-order chi connectivity index (χ0) is 10.1. The Morgan fingerprint density at radius 1 is 1.38 bits per heavy atom. The summed E-state index contributed by atoms with van der Waals surface area (Å²) < 4.78 is 0. The molecule has 0 bridgehead atoms. The molecule has 0 radical (unpaired) electrons. The van der Waals surface area contributed by atoms with Gasteiger partial charge in [-0.05, 0) is 40.2 Å². The van der Waals surface area contributed by atoms with Crippen LogP contribution in [0.1, 0.15) is 33.1 Å². The van der Waals surface area contributed by atoms with E-state index in [1.807, 2.05) is 7.05 Å². The maximum atomic E-state index is 9.63. The van der Waals surface area contributed by atoms with Crippen LogP contribution in [0.25, 0.3) is 0 Å². The molecule has 2 atom stereocenters. The molecule has 0 heterocycles. The van der Waals surface area contributed by atoms with Gasteiger partial charge in [0.05, 0.1) is 11.7 Å². The minimum Gasteiger partial charge on any atom is -0.391 e. The van der Waals surface area contributed by atoms with Gasteiger partial charge in [0.1, 0.15) is 0 Å². The molecule has 2 N–H and O–H groups in total. The fraction of sp³-hybridized carbons (Fsp3) is 1.00. The summed E-state index contributed by atoms with van der Waals surface area (Å²) in [7, 11) is 1.97. The van der Waals surface area contributed by atoms with Crippen molar-refractivity contribution in [2.45, 2.75) is 50.9 Å². The first kappa shape index (κ1) is 11.0. The third-order valence-corrected chi connectivity index (χ3v) is 2.65. The molecule has 3 nitrogen and oxygen atoms in total. The van der Waals surface area contributed by atoms with Gasteiger partial charge in [0, 0.05) is 12.6 Å². The Balaban J connectivity index is 2.43. The summed E-state index contributed by atoms with van der Waals surface area (Å²) >= 11 is 0. The van der Waals surface area contributed by atoms with Crippen molar-refractivity contribution in [1.82, 2.24) is 4.90 Å². The summed E-state index contributed by atoms with van der Waals surface area (Å²) in [5, 5.41) is 19.2. The number of nitrogens with zero attached hydrogens (tertiary/aromatic N) is 1. The summed E-state index contributed by atoms with van der Waals surface area (Å²) in [5.74, 6) is 0. The van der Waals surface area contributed by atoms with Gasteiger partial charge < -0.3 is 10.2 Å². The monoisotopic (exact) mass is 187 g/mol. The number of rotatable bonds is 3. The van der Waals surface area contributed by atoms with Crippen LogP contribution in [0.3, 0.4) is 0 Å². The number of aliphatic hydroxyl groups is 2. The zero-order valence-corrected chi connectivity index (χ0v) is 8.82. The standard InChI is InChI=1S/C10H21NO2/c1-10(2,13)7-11(3)8-5-4-6-9(8)12/h8-9,12-13H,4-7H2,1-3H3/t8-,9-/m1/s1. The van der Waals surface area contributed by atoms with Gasteiger partial charge in [0.15, 0.2) is 0 Å². The summed E-state index contributed by atoms with van der Waals surface area (Å²) in [5.41, 5.74) is -0.670. The summed E-state index contributed by atoms with van der Waals surface area (Å²) in [6.45, 7) is 4.21. The minimum atomic E-state index is -0.670. The van der Waals surface area contributed by atoms with Crippen molar-refractivity contribution >= 4 is 0 Å². The van der Waals surface area contributed by atoms with Crippen LogP contribution in [0.4, 0.5) is 0 Å². The average Bonchev–Trinajstić information content (AvgIpc) is 2.30. The Morgan fingerprint density at radius 3 is 2.38 bits per heavy atom. The smallest absolute Gasteiger partial charge is 0.0718 e. The van der Waals surface area contributed by atoms with Crippen LogP contribution in [0, 0.1) is 0 Å². The van der Waals surface area contributed by atoms with Crippen LogP contribution >= 0.6 is 0 Å². The molecule has 1 rings (SSSR count). The van der Waals surface area contributed by atoms with Gasteiger partial charge in [0.25, 0.3) is 0 Å². The second kappa shape index (κ2) is 3.95. The fourth-order valence-electron chi connectivity index (χ4n) is 2.16. The van der Waals surface area contributed by atoms with E-state index in [4.69, 9.17) is 0 Å². The lowest BCUT2D eigenvalue weighted by molar-refractivity contribution is 0.00839. The molecule has 0 aromatic rings. The van der Waals surface area contributed by atoms with Gasteiger partial charge in [-0.3, -0.25) is 4.90 Å². The Kier molecular flexibility index (Phi) is 3.33.